The van der Waals surface area contributed by atoms with Gasteiger partial charge in [-0.15, -0.1) is 12.4 Å². The number of amides is 1. The Labute approximate surface area is 148 Å². The van der Waals surface area contributed by atoms with Crippen molar-refractivity contribution in [3.8, 4) is 11.5 Å². The van der Waals surface area contributed by atoms with Crippen LogP contribution in [0.15, 0.2) is 48.5 Å². The molecule has 0 spiro atoms. The van der Waals surface area contributed by atoms with Crippen LogP contribution in [0.4, 0.5) is 11.4 Å². The van der Waals surface area contributed by atoms with Gasteiger partial charge in [-0.1, -0.05) is 12.1 Å². The van der Waals surface area contributed by atoms with E-state index in [2.05, 4.69) is 5.32 Å². The predicted octanol–water partition coefficient (Wildman–Crippen LogP) is 3.89. The molecule has 6 heteroatoms. The van der Waals surface area contributed by atoms with Gasteiger partial charge in [-0.05, 0) is 49.7 Å². The first-order valence-corrected chi connectivity index (χ1v) is 7.69. The zero-order valence-electron chi connectivity index (χ0n) is 13.7. The summed E-state index contributed by atoms with van der Waals surface area (Å²) < 4.78 is 11.0. The first-order chi connectivity index (χ1) is 11.2. The Hall–Kier alpha value is -2.40. The van der Waals surface area contributed by atoms with Gasteiger partial charge in [-0.2, -0.15) is 0 Å². The molecule has 0 fully saturated rings. The Morgan fingerprint density at radius 1 is 1.04 bits per heavy atom. The van der Waals surface area contributed by atoms with Gasteiger partial charge in [0.2, 0.25) is 5.91 Å². The summed E-state index contributed by atoms with van der Waals surface area (Å²) in [5, 5.41) is 2.79. The molecule has 24 heavy (non-hydrogen) atoms. The minimum Gasteiger partial charge on any atom is -0.494 e. The third-order valence-corrected chi connectivity index (χ3v) is 3.19. The Morgan fingerprint density at radius 3 is 2.29 bits per heavy atom. The fraction of sp³-hybridized carbons (Fsp3) is 0.278. The van der Waals surface area contributed by atoms with Gasteiger partial charge in [-0.25, -0.2) is 0 Å². The Balaban J connectivity index is 0.00000288. The second-order valence-electron chi connectivity index (χ2n) is 4.99. The third kappa shape index (κ3) is 6.38. The van der Waals surface area contributed by atoms with Crippen molar-refractivity contribution in [2.45, 2.75) is 19.8 Å². The number of carbonyl (C=O) groups is 1. The van der Waals surface area contributed by atoms with Gasteiger partial charge in [-0.3, -0.25) is 4.79 Å². The predicted molar refractivity (Wildman–Crippen MR) is 99.1 cm³/mol. The molecule has 1 amide bonds. The SMILES string of the molecule is CCOc1ccc(OCCCC(=O)Nc2ccccc2N)cc1.Cl. The summed E-state index contributed by atoms with van der Waals surface area (Å²) in [4.78, 5) is 11.9. The van der Waals surface area contributed by atoms with Gasteiger partial charge in [0.1, 0.15) is 11.5 Å². The summed E-state index contributed by atoms with van der Waals surface area (Å²) in [7, 11) is 0. The number of nitrogens with two attached hydrogens (primary N) is 1. The number of benzene rings is 2. The van der Waals surface area contributed by atoms with Crippen molar-refractivity contribution in [2.24, 2.45) is 0 Å². The van der Waals surface area contributed by atoms with Gasteiger partial charge >= 0.3 is 0 Å². The molecule has 0 saturated heterocycles. The molecule has 2 aromatic rings. The zero-order chi connectivity index (χ0) is 16.5. The largest absolute Gasteiger partial charge is 0.494 e. The van der Waals surface area contributed by atoms with E-state index < -0.39 is 0 Å². The minimum absolute atomic E-state index is 0. The maximum Gasteiger partial charge on any atom is 0.224 e. The molecule has 130 valence electrons. The number of hydrogen-bond acceptors (Lipinski definition) is 4. The maximum absolute atomic E-state index is 11.9. The highest BCUT2D eigenvalue weighted by Crippen LogP contribution is 2.18. The molecule has 2 rings (SSSR count). The fourth-order valence-corrected chi connectivity index (χ4v) is 2.05. The molecule has 0 bridgehead atoms. The summed E-state index contributed by atoms with van der Waals surface area (Å²) >= 11 is 0. The number of hydrogen-bond donors (Lipinski definition) is 2. The second-order valence-corrected chi connectivity index (χ2v) is 4.99. The molecular formula is C18H23ClN2O3. The van der Waals surface area contributed by atoms with Gasteiger partial charge in [0.05, 0.1) is 24.6 Å². The second kappa shape index (κ2) is 10.4. The van der Waals surface area contributed by atoms with Gasteiger partial charge < -0.3 is 20.5 Å². The standard InChI is InChI=1S/C18H22N2O3.ClH/c1-2-22-14-9-11-15(12-10-14)23-13-5-8-18(21)20-17-7-4-3-6-16(17)19;/h3-4,6-7,9-12H,2,5,8,13,19H2,1H3,(H,20,21);1H. The first kappa shape index (κ1) is 19.6. The molecule has 5 nitrogen and oxygen atoms in total. The highest BCUT2D eigenvalue weighted by atomic mass is 35.5. The van der Waals surface area contributed by atoms with E-state index in [1.165, 1.54) is 0 Å². The first-order valence-electron chi connectivity index (χ1n) is 7.69. The van der Waals surface area contributed by atoms with E-state index in [-0.39, 0.29) is 18.3 Å². The van der Waals surface area contributed by atoms with E-state index in [4.69, 9.17) is 15.2 Å². The number of anilines is 2. The number of para-hydroxylation sites is 2. The van der Waals surface area contributed by atoms with E-state index in [0.717, 1.165) is 11.5 Å². The van der Waals surface area contributed by atoms with Crippen LogP contribution in [0, 0.1) is 0 Å². The van der Waals surface area contributed by atoms with Crippen molar-refractivity contribution in [3.63, 3.8) is 0 Å². The average molecular weight is 351 g/mol. The summed E-state index contributed by atoms with van der Waals surface area (Å²) in [6, 6.07) is 14.6. The lowest BCUT2D eigenvalue weighted by Crippen LogP contribution is -2.13. The average Bonchev–Trinajstić information content (AvgIpc) is 2.55. The van der Waals surface area contributed by atoms with E-state index >= 15 is 0 Å². The topological polar surface area (TPSA) is 73.6 Å². The zero-order valence-corrected chi connectivity index (χ0v) is 14.5. The normalized spacial score (nSPS) is 9.71. The number of rotatable bonds is 8. The van der Waals surface area contributed by atoms with Crippen molar-refractivity contribution < 1.29 is 14.3 Å². The summed E-state index contributed by atoms with van der Waals surface area (Å²) in [5.74, 6) is 1.51. The molecule has 3 N–H and O–H groups in total. The van der Waals surface area contributed by atoms with Gasteiger partial charge in [0.25, 0.3) is 0 Å². The highest BCUT2D eigenvalue weighted by molar-refractivity contribution is 5.93. The van der Waals surface area contributed by atoms with Crippen LogP contribution in [-0.2, 0) is 4.79 Å². The molecule has 0 unspecified atom stereocenters. The lowest BCUT2D eigenvalue weighted by molar-refractivity contribution is -0.116. The van der Waals surface area contributed by atoms with Crippen LogP contribution in [0.1, 0.15) is 19.8 Å². The van der Waals surface area contributed by atoms with Crippen LogP contribution < -0.4 is 20.5 Å². The number of halogens is 1. The Bertz CT molecular complexity index is 632. The smallest absolute Gasteiger partial charge is 0.224 e. The number of ether oxygens (including phenoxy) is 2. The molecule has 0 atom stereocenters. The maximum atomic E-state index is 11.9. The van der Waals surface area contributed by atoms with Crippen molar-refractivity contribution in [3.05, 3.63) is 48.5 Å². The molecule has 0 heterocycles. The lowest BCUT2D eigenvalue weighted by atomic mass is 10.2. The monoisotopic (exact) mass is 350 g/mol. The molecule has 0 aromatic heterocycles. The minimum atomic E-state index is -0.0711. The van der Waals surface area contributed by atoms with Crippen LogP contribution in [0.25, 0.3) is 0 Å². The molecule has 0 aliphatic heterocycles. The van der Waals surface area contributed by atoms with E-state index in [1.807, 2.05) is 43.3 Å². The number of carbonyl (C=O) groups excluding carboxylic acids is 1. The van der Waals surface area contributed by atoms with E-state index in [0.29, 0.717) is 37.4 Å². The van der Waals surface area contributed by atoms with Gasteiger partial charge in [0.15, 0.2) is 0 Å². The van der Waals surface area contributed by atoms with Crippen LogP contribution >= 0.6 is 12.4 Å². The lowest BCUT2D eigenvalue weighted by Gasteiger charge is -2.09. The van der Waals surface area contributed by atoms with Crippen molar-refractivity contribution in [1.82, 2.24) is 0 Å². The van der Waals surface area contributed by atoms with Crippen molar-refractivity contribution in [1.29, 1.82) is 0 Å². The fourth-order valence-electron chi connectivity index (χ4n) is 2.05. The molecule has 0 saturated carbocycles. The summed E-state index contributed by atoms with van der Waals surface area (Å²) in [6.45, 7) is 3.06. The van der Waals surface area contributed by atoms with Crippen molar-refractivity contribution >= 4 is 29.7 Å². The van der Waals surface area contributed by atoms with Crippen LogP contribution in [-0.4, -0.2) is 19.1 Å². The summed E-state index contributed by atoms with van der Waals surface area (Å²) in [6.07, 6.45) is 1.01. The number of nitrogens with one attached hydrogen (secondary N) is 1. The molecular weight excluding hydrogens is 328 g/mol. The molecule has 0 radical (unpaired) electrons. The van der Waals surface area contributed by atoms with E-state index in [9.17, 15) is 4.79 Å². The van der Waals surface area contributed by atoms with Crippen LogP contribution in [0.3, 0.4) is 0 Å². The third-order valence-electron chi connectivity index (χ3n) is 3.19. The van der Waals surface area contributed by atoms with E-state index in [1.54, 1.807) is 12.1 Å². The molecule has 2 aromatic carbocycles. The molecule has 0 aliphatic carbocycles. The van der Waals surface area contributed by atoms with Crippen LogP contribution in [0.5, 0.6) is 11.5 Å². The highest BCUT2D eigenvalue weighted by Gasteiger charge is 2.05. The van der Waals surface area contributed by atoms with Crippen LogP contribution in [0.2, 0.25) is 0 Å². The Kier molecular flexibility index (Phi) is 8.50. The van der Waals surface area contributed by atoms with Crippen molar-refractivity contribution in [2.75, 3.05) is 24.3 Å². The number of nitrogen functional groups attached to an aromatic ring is 1. The van der Waals surface area contributed by atoms with Gasteiger partial charge in [0, 0.05) is 6.42 Å². The quantitative estimate of drug-likeness (QED) is 0.559. The Morgan fingerprint density at radius 2 is 1.67 bits per heavy atom. The molecule has 0 aliphatic rings. The summed E-state index contributed by atoms with van der Waals surface area (Å²) in [5.41, 5.74) is 6.99.